The van der Waals surface area contributed by atoms with Crippen LogP contribution in [0.4, 0.5) is 10.5 Å². The lowest BCUT2D eigenvalue weighted by Crippen LogP contribution is -2.28. The van der Waals surface area contributed by atoms with Gasteiger partial charge in [-0.3, -0.25) is 9.88 Å². The van der Waals surface area contributed by atoms with E-state index < -0.39 is 6.09 Å². The zero-order valence-corrected chi connectivity index (χ0v) is 6.77. The summed E-state index contributed by atoms with van der Waals surface area (Å²) in [6.07, 6.45) is 2.18. The zero-order valence-electron chi connectivity index (χ0n) is 6.77. The number of nitrogens with zero attached hydrogens (tertiary/aromatic N) is 2. The molecule has 0 unspecified atom stereocenters. The van der Waals surface area contributed by atoms with Crippen molar-refractivity contribution in [2.24, 2.45) is 0 Å². The highest BCUT2D eigenvalue weighted by Crippen LogP contribution is 2.10. The van der Waals surface area contributed by atoms with Crippen LogP contribution in [-0.2, 0) is 0 Å². The Kier molecular flexibility index (Phi) is 2.63. The summed E-state index contributed by atoms with van der Waals surface area (Å²) in [5.41, 5.74) is 0.604. The van der Waals surface area contributed by atoms with Gasteiger partial charge < -0.3 is 5.11 Å². The lowest BCUT2D eigenvalue weighted by Gasteiger charge is -2.15. The second-order valence-corrected chi connectivity index (χ2v) is 2.24. The molecule has 0 spiro atoms. The zero-order chi connectivity index (χ0) is 8.97. The molecule has 0 aliphatic heterocycles. The Morgan fingerprint density at radius 3 is 2.92 bits per heavy atom. The van der Waals surface area contributed by atoms with Crippen LogP contribution in [0.15, 0.2) is 24.5 Å². The first-order valence-corrected chi connectivity index (χ1v) is 3.66. The molecule has 0 saturated carbocycles. The molecule has 64 valence electrons. The number of amides is 1. The van der Waals surface area contributed by atoms with Crippen molar-refractivity contribution in [3.05, 3.63) is 24.5 Å². The Hall–Kier alpha value is -1.58. The molecule has 0 saturated heterocycles. The smallest absolute Gasteiger partial charge is 0.411 e. The number of hydrogen-bond donors (Lipinski definition) is 1. The standard InChI is InChI=1S/C8H10N2O2/c1-2-10(8(11)12)7-4-3-5-9-6-7/h3-6H,2H2,1H3,(H,11,12). The minimum absolute atomic E-state index is 0.432. The fourth-order valence-corrected chi connectivity index (χ4v) is 0.942. The van der Waals surface area contributed by atoms with E-state index in [1.165, 1.54) is 11.1 Å². The van der Waals surface area contributed by atoms with Gasteiger partial charge in [-0.25, -0.2) is 4.79 Å². The van der Waals surface area contributed by atoms with Gasteiger partial charge in [0.1, 0.15) is 0 Å². The number of pyridine rings is 1. The van der Waals surface area contributed by atoms with Crippen molar-refractivity contribution in [2.75, 3.05) is 11.4 Å². The van der Waals surface area contributed by atoms with Crippen molar-refractivity contribution < 1.29 is 9.90 Å². The van der Waals surface area contributed by atoms with E-state index in [0.717, 1.165) is 0 Å². The highest BCUT2D eigenvalue weighted by Gasteiger charge is 2.10. The van der Waals surface area contributed by atoms with E-state index in [1.807, 2.05) is 0 Å². The fraction of sp³-hybridized carbons (Fsp3) is 0.250. The monoisotopic (exact) mass is 166 g/mol. The lowest BCUT2D eigenvalue weighted by atomic mass is 10.4. The molecule has 1 N–H and O–H groups in total. The quantitative estimate of drug-likeness (QED) is 0.725. The van der Waals surface area contributed by atoms with Crippen molar-refractivity contribution in [1.82, 2.24) is 4.98 Å². The summed E-state index contributed by atoms with van der Waals surface area (Å²) in [5, 5.41) is 8.72. The second-order valence-electron chi connectivity index (χ2n) is 2.24. The first-order chi connectivity index (χ1) is 5.75. The molecule has 0 aromatic carbocycles. The largest absolute Gasteiger partial charge is 0.465 e. The molecule has 1 rings (SSSR count). The van der Waals surface area contributed by atoms with E-state index in [0.29, 0.717) is 12.2 Å². The van der Waals surface area contributed by atoms with Crippen molar-refractivity contribution in [3.63, 3.8) is 0 Å². The van der Waals surface area contributed by atoms with Crippen LogP contribution in [0.5, 0.6) is 0 Å². The molecule has 1 heterocycles. The van der Waals surface area contributed by atoms with Gasteiger partial charge in [-0.1, -0.05) is 0 Å². The number of hydrogen-bond acceptors (Lipinski definition) is 2. The molecule has 0 bridgehead atoms. The van der Waals surface area contributed by atoms with Gasteiger partial charge in [0.2, 0.25) is 0 Å². The van der Waals surface area contributed by atoms with Crippen LogP contribution in [0.1, 0.15) is 6.92 Å². The van der Waals surface area contributed by atoms with Gasteiger partial charge in [-0.15, -0.1) is 0 Å². The SMILES string of the molecule is CCN(C(=O)O)c1cccnc1. The third-order valence-corrected chi connectivity index (χ3v) is 1.50. The topological polar surface area (TPSA) is 53.4 Å². The Labute approximate surface area is 70.5 Å². The van der Waals surface area contributed by atoms with Gasteiger partial charge in [0, 0.05) is 12.7 Å². The Morgan fingerprint density at radius 2 is 2.50 bits per heavy atom. The van der Waals surface area contributed by atoms with Gasteiger partial charge in [-0.05, 0) is 19.1 Å². The van der Waals surface area contributed by atoms with Crippen LogP contribution < -0.4 is 4.90 Å². The lowest BCUT2D eigenvalue weighted by molar-refractivity contribution is 0.202. The van der Waals surface area contributed by atoms with Crippen LogP contribution in [0.2, 0.25) is 0 Å². The number of carboxylic acid groups (broad SMARTS) is 1. The van der Waals surface area contributed by atoms with E-state index in [-0.39, 0.29) is 0 Å². The Bertz CT molecular complexity index is 261. The average Bonchev–Trinajstić information content (AvgIpc) is 2.07. The van der Waals surface area contributed by atoms with Gasteiger partial charge in [0.25, 0.3) is 0 Å². The third-order valence-electron chi connectivity index (χ3n) is 1.50. The highest BCUT2D eigenvalue weighted by atomic mass is 16.4. The molecule has 1 aromatic heterocycles. The summed E-state index contributed by atoms with van der Waals surface area (Å²) in [7, 11) is 0. The molecule has 0 aliphatic carbocycles. The molecular formula is C8H10N2O2. The first kappa shape index (κ1) is 8.52. The summed E-state index contributed by atoms with van der Waals surface area (Å²) in [6.45, 7) is 2.21. The summed E-state index contributed by atoms with van der Waals surface area (Å²) in [6, 6.07) is 3.42. The normalized spacial score (nSPS) is 9.42. The third kappa shape index (κ3) is 1.72. The number of anilines is 1. The average molecular weight is 166 g/mol. The Balaban J connectivity index is 2.88. The maximum Gasteiger partial charge on any atom is 0.411 e. The summed E-state index contributed by atoms with van der Waals surface area (Å²) >= 11 is 0. The number of aromatic nitrogens is 1. The number of rotatable bonds is 2. The summed E-state index contributed by atoms with van der Waals surface area (Å²) in [5.74, 6) is 0. The molecule has 0 atom stereocenters. The van der Waals surface area contributed by atoms with E-state index in [9.17, 15) is 4.79 Å². The fourth-order valence-electron chi connectivity index (χ4n) is 0.942. The van der Waals surface area contributed by atoms with Crippen LogP contribution in [0.25, 0.3) is 0 Å². The molecule has 4 heteroatoms. The molecular weight excluding hydrogens is 156 g/mol. The minimum Gasteiger partial charge on any atom is -0.465 e. The van der Waals surface area contributed by atoms with E-state index in [1.54, 1.807) is 25.3 Å². The van der Waals surface area contributed by atoms with Gasteiger partial charge in [0.05, 0.1) is 11.9 Å². The predicted molar refractivity (Wildman–Crippen MR) is 45.3 cm³/mol. The molecule has 1 amide bonds. The van der Waals surface area contributed by atoms with E-state index in [4.69, 9.17) is 5.11 Å². The van der Waals surface area contributed by atoms with Gasteiger partial charge in [0.15, 0.2) is 0 Å². The van der Waals surface area contributed by atoms with Gasteiger partial charge >= 0.3 is 6.09 Å². The van der Waals surface area contributed by atoms with Crippen LogP contribution in [0, 0.1) is 0 Å². The maximum absolute atomic E-state index is 10.6. The highest BCUT2D eigenvalue weighted by molar-refractivity contribution is 5.85. The predicted octanol–water partition coefficient (Wildman–Crippen LogP) is 1.59. The molecule has 1 aromatic rings. The van der Waals surface area contributed by atoms with Gasteiger partial charge in [-0.2, -0.15) is 0 Å². The van der Waals surface area contributed by atoms with Crippen molar-refractivity contribution >= 4 is 11.8 Å². The van der Waals surface area contributed by atoms with Crippen LogP contribution in [-0.4, -0.2) is 22.7 Å². The molecule has 0 fully saturated rings. The van der Waals surface area contributed by atoms with E-state index in [2.05, 4.69) is 4.98 Å². The second kappa shape index (κ2) is 3.71. The first-order valence-electron chi connectivity index (χ1n) is 3.66. The molecule has 0 radical (unpaired) electrons. The summed E-state index contributed by atoms with van der Waals surface area (Å²) in [4.78, 5) is 15.7. The van der Waals surface area contributed by atoms with Crippen LogP contribution in [0.3, 0.4) is 0 Å². The number of carbonyl (C=O) groups is 1. The molecule has 0 aliphatic rings. The molecule has 4 nitrogen and oxygen atoms in total. The van der Waals surface area contributed by atoms with E-state index >= 15 is 0 Å². The maximum atomic E-state index is 10.6. The van der Waals surface area contributed by atoms with Crippen molar-refractivity contribution in [3.8, 4) is 0 Å². The van der Waals surface area contributed by atoms with Crippen molar-refractivity contribution in [2.45, 2.75) is 6.92 Å². The van der Waals surface area contributed by atoms with Crippen LogP contribution >= 0.6 is 0 Å². The minimum atomic E-state index is -0.953. The Morgan fingerprint density at radius 1 is 1.75 bits per heavy atom. The summed E-state index contributed by atoms with van der Waals surface area (Å²) < 4.78 is 0. The van der Waals surface area contributed by atoms with Crippen molar-refractivity contribution in [1.29, 1.82) is 0 Å². The molecule has 12 heavy (non-hydrogen) atoms.